The number of carboxylic acid groups (broad SMARTS) is 1. The molecule has 1 heterocycles. The number of halogens is 1. The fourth-order valence-corrected chi connectivity index (χ4v) is 3.29. The van der Waals surface area contributed by atoms with E-state index < -0.39 is 5.97 Å². The Kier molecular flexibility index (Phi) is 5.06. The second-order valence-electron chi connectivity index (χ2n) is 6.10. The highest BCUT2D eigenvalue weighted by molar-refractivity contribution is 6.30. The first-order valence-electron chi connectivity index (χ1n) is 7.94. The van der Waals surface area contributed by atoms with Crippen LogP contribution in [-0.4, -0.2) is 34.0 Å². The number of aromatic nitrogens is 1. The molecule has 0 spiro atoms. The number of benzene rings is 1. The fraction of sp³-hybridized carbons (Fsp3) is 0.412. The summed E-state index contributed by atoms with van der Waals surface area (Å²) in [6.45, 7) is 0.152. The Hall–Kier alpha value is -2.05. The largest absolute Gasteiger partial charge is 0.477 e. The van der Waals surface area contributed by atoms with Gasteiger partial charge in [-0.1, -0.05) is 23.2 Å². The zero-order chi connectivity index (χ0) is 17.1. The third kappa shape index (κ3) is 3.55. The predicted molar refractivity (Wildman–Crippen MR) is 90.4 cm³/mol. The molecule has 1 aromatic heterocycles. The summed E-state index contributed by atoms with van der Waals surface area (Å²) in [5.74, 6) is -0.419. The normalized spacial score (nSPS) is 20.8. The Morgan fingerprint density at radius 2 is 2.08 bits per heavy atom. The molecule has 1 aliphatic carbocycles. The number of carboxylic acids is 1. The van der Waals surface area contributed by atoms with Crippen molar-refractivity contribution in [3.63, 3.8) is 0 Å². The standard InChI is InChI=1S/C17H19ClN2O4/c18-12-6-4-11(5-7-12)15-14(17(22)23)16(20-24-15)19-13-3-1-2-10(8-13)9-21/h4-7,10,13,21H,1-3,8-9H2,(H,19,20)(H,22,23)/t10-,13+/m1/s1. The number of aromatic carboxylic acids is 1. The third-order valence-corrected chi connectivity index (χ3v) is 4.65. The van der Waals surface area contributed by atoms with Gasteiger partial charge in [0.2, 0.25) is 0 Å². The molecule has 128 valence electrons. The highest BCUT2D eigenvalue weighted by Gasteiger charge is 2.28. The van der Waals surface area contributed by atoms with Gasteiger partial charge in [0.25, 0.3) is 0 Å². The second kappa shape index (κ2) is 7.23. The predicted octanol–water partition coefficient (Wildman–Crippen LogP) is 3.66. The molecule has 1 aromatic carbocycles. The van der Waals surface area contributed by atoms with Gasteiger partial charge in [0, 0.05) is 23.2 Å². The molecule has 0 radical (unpaired) electrons. The summed E-state index contributed by atoms with van der Waals surface area (Å²) in [5.41, 5.74) is 0.623. The number of hydrogen-bond acceptors (Lipinski definition) is 5. The van der Waals surface area contributed by atoms with E-state index in [2.05, 4.69) is 10.5 Å². The van der Waals surface area contributed by atoms with Gasteiger partial charge in [-0.25, -0.2) is 4.79 Å². The van der Waals surface area contributed by atoms with Crippen molar-refractivity contribution < 1.29 is 19.5 Å². The van der Waals surface area contributed by atoms with Crippen molar-refractivity contribution in [1.29, 1.82) is 0 Å². The summed E-state index contributed by atoms with van der Waals surface area (Å²) in [4.78, 5) is 11.7. The molecule has 2 atom stereocenters. The average molecular weight is 351 g/mol. The number of anilines is 1. The molecule has 0 unspecified atom stereocenters. The van der Waals surface area contributed by atoms with Crippen LogP contribution in [0, 0.1) is 5.92 Å². The van der Waals surface area contributed by atoms with Crippen molar-refractivity contribution in [2.24, 2.45) is 5.92 Å². The van der Waals surface area contributed by atoms with Gasteiger partial charge in [0.1, 0.15) is 0 Å². The molecule has 0 aliphatic heterocycles. The van der Waals surface area contributed by atoms with Crippen molar-refractivity contribution in [1.82, 2.24) is 5.16 Å². The summed E-state index contributed by atoms with van der Waals surface area (Å²) in [5, 5.41) is 26.6. The number of carbonyl (C=O) groups is 1. The van der Waals surface area contributed by atoms with E-state index in [4.69, 9.17) is 16.1 Å². The van der Waals surface area contributed by atoms with Crippen LogP contribution in [-0.2, 0) is 0 Å². The van der Waals surface area contributed by atoms with Gasteiger partial charge in [0.15, 0.2) is 17.1 Å². The number of aliphatic hydroxyl groups excluding tert-OH is 1. The summed E-state index contributed by atoms with van der Waals surface area (Å²) in [6, 6.07) is 6.82. The Morgan fingerprint density at radius 3 is 2.75 bits per heavy atom. The van der Waals surface area contributed by atoms with E-state index in [1.807, 2.05) is 0 Å². The molecule has 0 saturated heterocycles. The topological polar surface area (TPSA) is 95.6 Å². The highest BCUT2D eigenvalue weighted by atomic mass is 35.5. The fourth-order valence-electron chi connectivity index (χ4n) is 3.17. The molecular weight excluding hydrogens is 332 g/mol. The van der Waals surface area contributed by atoms with Gasteiger partial charge in [-0.3, -0.25) is 0 Å². The monoisotopic (exact) mass is 350 g/mol. The first-order valence-corrected chi connectivity index (χ1v) is 8.32. The van der Waals surface area contributed by atoms with E-state index in [0.29, 0.717) is 10.6 Å². The third-order valence-electron chi connectivity index (χ3n) is 4.39. The molecule has 3 N–H and O–H groups in total. The number of aliphatic hydroxyl groups is 1. The average Bonchev–Trinajstić information content (AvgIpc) is 2.99. The minimum absolute atomic E-state index is 0.0171. The Bertz CT molecular complexity index is 714. The first kappa shape index (κ1) is 16.8. The summed E-state index contributed by atoms with van der Waals surface area (Å²) < 4.78 is 5.29. The minimum atomic E-state index is -1.10. The SMILES string of the molecule is O=C(O)c1c(N[C@H]2CCC[C@@H](CO)C2)noc1-c1ccc(Cl)cc1. The van der Waals surface area contributed by atoms with E-state index in [9.17, 15) is 15.0 Å². The van der Waals surface area contributed by atoms with E-state index in [1.165, 1.54) is 0 Å². The van der Waals surface area contributed by atoms with Crippen LogP contribution < -0.4 is 5.32 Å². The minimum Gasteiger partial charge on any atom is -0.477 e. The molecule has 1 aliphatic rings. The summed E-state index contributed by atoms with van der Waals surface area (Å²) >= 11 is 5.87. The van der Waals surface area contributed by atoms with Crippen LogP contribution in [0.5, 0.6) is 0 Å². The second-order valence-corrected chi connectivity index (χ2v) is 6.54. The van der Waals surface area contributed by atoms with Crippen molar-refractivity contribution >= 4 is 23.4 Å². The van der Waals surface area contributed by atoms with Gasteiger partial charge >= 0.3 is 5.97 Å². The maximum Gasteiger partial charge on any atom is 0.343 e. The molecular formula is C17H19ClN2O4. The van der Waals surface area contributed by atoms with Crippen LogP contribution in [0.3, 0.4) is 0 Å². The highest BCUT2D eigenvalue weighted by Crippen LogP contribution is 2.32. The maximum absolute atomic E-state index is 11.7. The van der Waals surface area contributed by atoms with E-state index in [1.54, 1.807) is 24.3 Å². The molecule has 2 aromatic rings. The molecule has 0 amide bonds. The van der Waals surface area contributed by atoms with Crippen molar-refractivity contribution in [2.45, 2.75) is 31.7 Å². The molecule has 0 bridgehead atoms. The molecule has 7 heteroatoms. The van der Waals surface area contributed by atoms with Crippen LogP contribution in [0.15, 0.2) is 28.8 Å². The van der Waals surface area contributed by atoms with Crippen LogP contribution in [0.4, 0.5) is 5.82 Å². The van der Waals surface area contributed by atoms with Gasteiger partial charge in [-0.2, -0.15) is 0 Å². The summed E-state index contributed by atoms with van der Waals surface area (Å²) in [6.07, 6.45) is 3.69. The summed E-state index contributed by atoms with van der Waals surface area (Å²) in [7, 11) is 0. The van der Waals surface area contributed by atoms with Crippen LogP contribution in [0.25, 0.3) is 11.3 Å². The number of rotatable bonds is 5. The Labute approximate surface area is 144 Å². The van der Waals surface area contributed by atoms with Crippen LogP contribution >= 0.6 is 11.6 Å². The van der Waals surface area contributed by atoms with Gasteiger partial charge < -0.3 is 20.1 Å². The first-order chi connectivity index (χ1) is 11.6. The van der Waals surface area contributed by atoms with Crippen LogP contribution in [0.2, 0.25) is 5.02 Å². The van der Waals surface area contributed by atoms with Gasteiger partial charge in [0.05, 0.1) is 0 Å². The zero-order valence-corrected chi connectivity index (χ0v) is 13.8. The van der Waals surface area contributed by atoms with E-state index in [-0.39, 0.29) is 35.7 Å². The van der Waals surface area contributed by atoms with Crippen molar-refractivity contribution in [2.75, 3.05) is 11.9 Å². The Balaban J connectivity index is 1.86. The van der Waals surface area contributed by atoms with Gasteiger partial charge in [-0.15, -0.1) is 0 Å². The van der Waals surface area contributed by atoms with Crippen molar-refractivity contribution in [3.05, 3.63) is 34.9 Å². The number of hydrogen-bond donors (Lipinski definition) is 3. The molecule has 1 saturated carbocycles. The smallest absolute Gasteiger partial charge is 0.343 e. The molecule has 6 nitrogen and oxygen atoms in total. The van der Waals surface area contributed by atoms with Crippen molar-refractivity contribution in [3.8, 4) is 11.3 Å². The van der Waals surface area contributed by atoms with Crippen LogP contribution in [0.1, 0.15) is 36.0 Å². The lowest BCUT2D eigenvalue weighted by molar-refractivity contribution is 0.0698. The lowest BCUT2D eigenvalue weighted by Gasteiger charge is -2.28. The van der Waals surface area contributed by atoms with Gasteiger partial charge in [-0.05, 0) is 49.4 Å². The maximum atomic E-state index is 11.7. The number of nitrogens with one attached hydrogen (secondary N) is 1. The molecule has 24 heavy (non-hydrogen) atoms. The number of nitrogens with zero attached hydrogens (tertiary/aromatic N) is 1. The molecule has 1 fully saturated rings. The van der Waals surface area contributed by atoms with E-state index >= 15 is 0 Å². The van der Waals surface area contributed by atoms with E-state index in [0.717, 1.165) is 25.7 Å². The lowest BCUT2D eigenvalue weighted by atomic mass is 9.86. The Morgan fingerprint density at radius 1 is 1.33 bits per heavy atom. The zero-order valence-electron chi connectivity index (χ0n) is 13.0. The quantitative estimate of drug-likeness (QED) is 0.761. The molecule has 3 rings (SSSR count). The lowest BCUT2D eigenvalue weighted by Crippen LogP contribution is -2.29.